The van der Waals surface area contributed by atoms with Gasteiger partial charge in [0.25, 0.3) is 10.1 Å². The van der Waals surface area contributed by atoms with E-state index in [1.165, 1.54) is 23.5 Å². The van der Waals surface area contributed by atoms with Gasteiger partial charge in [-0.05, 0) is 19.1 Å². The van der Waals surface area contributed by atoms with Crippen LogP contribution in [0, 0.1) is 10.8 Å². The van der Waals surface area contributed by atoms with Crippen LogP contribution in [-0.4, -0.2) is 19.6 Å². The van der Waals surface area contributed by atoms with E-state index in [4.69, 9.17) is 9.29 Å². The third-order valence-electron chi connectivity index (χ3n) is 1.98. The van der Waals surface area contributed by atoms with E-state index in [-0.39, 0.29) is 10.6 Å². The minimum Gasteiger partial charge on any atom is -0.492 e. The van der Waals surface area contributed by atoms with Crippen LogP contribution in [0.3, 0.4) is 0 Å². The molecule has 4 nitrogen and oxygen atoms in total. The predicted molar refractivity (Wildman–Crippen MR) is 60.5 cm³/mol. The van der Waals surface area contributed by atoms with E-state index < -0.39 is 10.1 Å². The minimum atomic E-state index is -4.28. The molecule has 2 aromatic rings. The predicted octanol–water partition coefficient (Wildman–Crippen LogP) is 2.15. The topological polar surface area (TPSA) is 63.6 Å². The maximum atomic E-state index is 11.1. The van der Waals surface area contributed by atoms with Crippen molar-refractivity contribution in [3.05, 3.63) is 22.9 Å². The first kappa shape index (κ1) is 11.4. The lowest BCUT2D eigenvalue weighted by Crippen LogP contribution is -2.03. The molecule has 0 saturated heterocycles. The van der Waals surface area contributed by atoms with Crippen molar-refractivity contribution in [3.63, 3.8) is 0 Å². The molecule has 2 rings (SSSR count). The molecule has 0 saturated carbocycles. The van der Waals surface area contributed by atoms with Crippen LogP contribution in [0.25, 0.3) is 10.8 Å². The summed E-state index contributed by atoms with van der Waals surface area (Å²) in [6, 6.07) is 2.87. The summed E-state index contributed by atoms with van der Waals surface area (Å²) in [5.74, 6) is 0.139. The van der Waals surface area contributed by atoms with Gasteiger partial charge in [-0.2, -0.15) is 8.42 Å². The third kappa shape index (κ3) is 2.04. The van der Waals surface area contributed by atoms with Gasteiger partial charge in [0.2, 0.25) is 0 Å². The summed E-state index contributed by atoms with van der Waals surface area (Å²) in [4.78, 5) is -0.232. The van der Waals surface area contributed by atoms with Crippen molar-refractivity contribution in [1.29, 1.82) is 0 Å². The fourth-order valence-electron chi connectivity index (χ4n) is 1.33. The molecule has 0 bridgehead atoms. The zero-order valence-corrected chi connectivity index (χ0v) is 9.98. The molecule has 0 fully saturated rings. The van der Waals surface area contributed by atoms with Crippen LogP contribution in [0.1, 0.15) is 6.92 Å². The molecular formula is C10H8O4S2. The van der Waals surface area contributed by atoms with Crippen LogP contribution >= 0.6 is 11.3 Å². The third-order valence-corrected chi connectivity index (χ3v) is 3.50. The maximum Gasteiger partial charge on any atom is 0.298 e. The first-order valence-corrected chi connectivity index (χ1v) is 6.74. The number of fused-ring (bicyclic) bond motifs is 1. The molecule has 0 amide bonds. The lowest BCUT2D eigenvalue weighted by atomic mass is 10.2. The van der Waals surface area contributed by atoms with Gasteiger partial charge in [-0.25, -0.2) is 0 Å². The standard InChI is InChI=1S/C10H8O4S2/c1-2-14-9-3-7-5-15-6-8(7)4-10(9)16(11,12)13/h3-4H,2H2,1H3,(H,11,12,13). The van der Waals surface area contributed by atoms with Gasteiger partial charge >= 0.3 is 0 Å². The zero-order chi connectivity index (χ0) is 11.8. The first-order valence-electron chi connectivity index (χ1n) is 4.48. The summed E-state index contributed by atoms with van der Waals surface area (Å²) in [5, 5.41) is 7.10. The molecule has 0 spiro atoms. The van der Waals surface area contributed by atoms with Crippen molar-refractivity contribution < 1.29 is 17.7 Å². The van der Waals surface area contributed by atoms with Crippen LogP contribution in [0.4, 0.5) is 0 Å². The number of hydrogen-bond donors (Lipinski definition) is 1. The van der Waals surface area contributed by atoms with Crippen LogP contribution in [0.5, 0.6) is 5.75 Å². The normalized spacial score (nSPS) is 11.9. The van der Waals surface area contributed by atoms with Crippen molar-refractivity contribution in [2.75, 3.05) is 6.61 Å². The Morgan fingerprint density at radius 3 is 2.56 bits per heavy atom. The summed E-state index contributed by atoms with van der Waals surface area (Å²) in [7, 11) is -4.28. The highest BCUT2D eigenvalue weighted by atomic mass is 32.2. The van der Waals surface area contributed by atoms with Crippen LogP contribution in [-0.2, 0) is 10.1 Å². The van der Waals surface area contributed by atoms with Gasteiger partial charge in [0.1, 0.15) is 10.6 Å². The molecule has 0 unspecified atom stereocenters. The van der Waals surface area contributed by atoms with Crippen LogP contribution in [0.2, 0.25) is 0 Å². The highest BCUT2D eigenvalue weighted by Crippen LogP contribution is 2.30. The highest BCUT2D eigenvalue weighted by Gasteiger charge is 2.18. The summed E-state index contributed by atoms with van der Waals surface area (Å²) in [6.45, 7) is 2.06. The largest absolute Gasteiger partial charge is 0.492 e. The van der Waals surface area contributed by atoms with Gasteiger partial charge in [0.05, 0.1) is 17.4 Å². The van der Waals surface area contributed by atoms with E-state index in [2.05, 4.69) is 10.8 Å². The number of thiophene rings is 1. The number of benzene rings is 1. The fraction of sp³-hybridized carbons (Fsp3) is 0.200. The Hall–Kier alpha value is -1.11. The van der Waals surface area contributed by atoms with E-state index >= 15 is 0 Å². The second-order valence-electron chi connectivity index (χ2n) is 3.06. The molecule has 6 heteroatoms. The lowest BCUT2D eigenvalue weighted by Gasteiger charge is -2.07. The van der Waals surface area contributed by atoms with Gasteiger partial charge in [-0.1, -0.05) is 0 Å². The molecule has 84 valence electrons. The van der Waals surface area contributed by atoms with Gasteiger partial charge in [-0.3, -0.25) is 4.55 Å². The average Bonchev–Trinajstić information content (AvgIpc) is 2.62. The molecule has 1 aromatic heterocycles. The van der Waals surface area contributed by atoms with E-state index in [1.807, 2.05) is 0 Å². The second kappa shape index (κ2) is 4.04. The van der Waals surface area contributed by atoms with Gasteiger partial charge in [0.15, 0.2) is 0 Å². The molecule has 0 atom stereocenters. The Morgan fingerprint density at radius 1 is 1.38 bits per heavy atom. The Labute approximate surface area is 97.2 Å². The molecule has 2 radical (unpaired) electrons. The van der Waals surface area contributed by atoms with Gasteiger partial charge < -0.3 is 4.74 Å². The summed E-state index contributed by atoms with van der Waals surface area (Å²) < 4.78 is 36.5. The van der Waals surface area contributed by atoms with Crippen molar-refractivity contribution in [3.8, 4) is 5.75 Å². The Morgan fingerprint density at radius 2 is 2.00 bits per heavy atom. The average molecular weight is 256 g/mol. The second-order valence-corrected chi connectivity index (χ2v) is 5.06. The van der Waals surface area contributed by atoms with E-state index in [0.29, 0.717) is 12.0 Å². The molecule has 0 aliphatic rings. The zero-order valence-electron chi connectivity index (χ0n) is 8.35. The van der Waals surface area contributed by atoms with Crippen molar-refractivity contribution >= 4 is 32.2 Å². The summed E-state index contributed by atoms with van der Waals surface area (Å²) >= 11 is 1.22. The van der Waals surface area contributed by atoms with Crippen LogP contribution in [0.15, 0.2) is 17.0 Å². The number of rotatable bonds is 3. The molecule has 1 N–H and O–H groups in total. The van der Waals surface area contributed by atoms with Crippen LogP contribution < -0.4 is 4.74 Å². The maximum absolute atomic E-state index is 11.1. The smallest absolute Gasteiger partial charge is 0.298 e. The Bertz CT molecular complexity index is 613. The van der Waals surface area contributed by atoms with E-state index in [9.17, 15) is 8.42 Å². The van der Waals surface area contributed by atoms with Crippen molar-refractivity contribution in [1.82, 2.24) is 0 Å². The monoisotopic (exact) mass is 256 g/mol. The number of ether oxygens (including phenoxy) is 1. The lowest BCUT2D eigenvalue weighted by molar-refractivity contribution is 0.330. The van der Waals surface area contributed by atoms with E-state index in [1.54, 1.807) is 6.92 Å². The Kier molecular flexibility index (Phi) is 2.88. The Balaban J connectivity index is 2.72. The van der Waals surface area contributed by atoms with Crippen molar-refractivity contribution in [2.24, 2.45) is 0 Å². The fourth-order valence-corrected chi connectivity index (χ4v) is 2.58. The first-order chi connectivity index (χ1) is 7.52. The molecular weight excluding hydrogens is 248 g/mol. The minimum absolute atomic E-state index is 0.139. The molecule has 0 aliphatic carbocycles. The summed E-state index contributed by atoms with van der Waals surface area (Å²) in [5.41, 5.74) is 0. The number of hydrogen-bond acceptors (Lipinski definition) is 4. The molecule has 1 aromatic carbocycles. The van der Waals surface area contributed by atoms with Gasteiger partial charge in [-0.15, -0.1) is 11.3 Å². The molecule has 0 aliphatic heterocycles. The van der Waals surface area contributed by atoms with E-state index in [0.717, 1.165) is 5.39 Å². The molecule has 16 heavy (non-hydrogen) atoms. The summed E-state index contributed by atoms with van der Waals surface area (Å²) in [6.07, 6.45) is 0. The molecule has 1 heterocycles. The SMILES string of the molecule is CCOc1cc2[c]s[c]c2cc1S(=O)(=O)O. The van der Waals surface area contributed by atoms with Gasteiger partial charge in [0, 0.05) is 10.8 Å². The quantitative estimate of drug-likeness (QED) is 0.855. The highest BCUT2D eigenvalue weighted by molar-refractivity contribution is 7.86. The van der Waals surface area contributed by atoms with Crippen molar-refractivity contribution in [2.45, 2.75) is 11.8 Å².